The summed E-state index contributed by atoms with van der Waals surface area (Å²) in [5, 5.41) is 7.23. The molecule has 0 unspecified atom stereocenters. The number of amides is 2. The number of hydrogen-bond acceptors (Lipinski definition) is 4. The summed E-state index contributed by atoms with van der Waals surface area (Å²) in [6, 6.07) is 19.1. The molecule has 31 heavy (non-hydrogen) atoms. The predicted octanol–water partition coefficient (Wildman–Crippen LogP) is 4.05. The number of carbonyl (C=O) groups is 2. The highest BCUT2D eigenvalue weighted by Gasteiger charge is 2.11. The first-order valence-corrected chi connectivity index (χ1v) is 9.75. The minimum Gasteiger partial charge on any atom is -0.325 e. The van der Waals surface area contributed by atoms with Crippen LogP contribution in [0.15, 0.2) is 84.5 Å². The lowest BCUT2D eigenvalue weighted by atomic mass is 10.1. The van der Waals surface area contributed by atoms with Gasteiger partial charge in [-0.2, -0.15) is 0 Å². The molecule has 0 atom stereocenters. The van der Waals surface area contributed by atoms with E-state index in [0.717, 1.165) is 32.9 Å². The highest BCUT2D eigenvalue weighted by Crippen LogP contribution is 2.20. The van der Waals surface area contributed by atoms with Gasteiger partial charge in [0.2, 0.25) is 6.41 Å². The lowest BCUT2D eigenvalue weighted by molar-refractivity contribution is -0.118. The van der Waals surface area contributed by atoms with E-state index >= 15 is 0 Å². The van der Waals surface area contributed by atoms with Crippen molar-refractivity contribution in [2.45, 2.75) is 6.92 Å². The summed E-state index contributed by atoms with van der Waals surface area (Å²) in [7, 11) is 0. The van der Waals surface area contributed by atoms with Gasteiger partial charge in [0.25, 0.3) is 5.91 Å². The zero-order chi connectivity index (χ0) is 21.6. The Balaban J connectivity index is 1.63. The Labute approximate surface area is 179 Å². The SMILES string of the molecule is C/C(=C/c1ccnc2ccccc12)NC(=O)/C(=C/c1ccnc2ccccc12)NC=O. The van der Waals surface area contributed by atoms with Crippen molar-refractivity contribution in [2.24, 2.45) is 0 Å². The van der Waals surface area contributed by atoms with Gasteiger partial charge in [-0.1, -0.05) is 36.4 Å². The molecule has 6 nitrogen and oxygen atoms in total. The van der Waals surface area contributed by atoms with E-state index in [4.69, 9.17) is 0 Å². The van der Waals surface area contributed by atoms with Crippen LogP contribution < -0.4 is 10.6 Å². The minimum atomic E-state index is -0.417. The average molecular weight is 408 g/mol. The monoisotopic (exact) mass is 408 g/mol. The van der Waals surface area contributed by atoms with Gasteiger partial charge in [0.1, 0.15) is 5.70 Å². The third kappa shape index (κ3) is 4.48. The van der Waals surface area contributed by atoms with Gasteiger partial charge in [-0.05, 0) is 54.5 Å². The molecule has 4 aromatic rings. The number of nitrogens with zero attached hydrogens (tertiary/aromatic N) is 2. The van der Waals surface area contributed by atoms with Gasteiger partial charge in [0.05, 0.1) is 11.0 Å². The van der Waals surface area contributed by atoms with Crippen molar-refractivity contribution >= 4 is 46.3 Å². The van der Waals surface area contributed by atoms with Crippen LogP contribution in [0.25, 0.3) is 34.0 Å². The zero-order valence-corrected chi connectivity index (χ0v) is 16.9. The number of nitrogens with one attached hydrogen (secondary N) is 2. The molecule has 2 heterocycles. The lowest BCUT2D eigenvalue weighted by Gasteiger charge is -2.10. The van der Waals surface area contributed by atoms with Gasteiger partial charge in [-0.3, -0.25) is 19.6 Å². The van der Waals surface area contributed by atoms with Gasteiger partial charge in [0.15, 0.2) is 0 Å². The van der Waals surface area contributed by atoms with Crippen LogP contribution in [0, 0.1) is 0 Å². The Kier molecular flexibility index (Phi) is 5.80. The molecule has 4 rings (SSSR count). The fourth-order valence-corrected chi connectivity index (χ4v) is 3.40. The number of carbonyl (C=O) groups excluding carboxylic acids is 2. The number of pyridine rings is 2. The Morgan fingerprint density at radius 1 is 0.806 bits per heavy atom. The molecule has 2 aromatic heterocycles. The van der Waals surface area contributed by atoms with Crippen LogP contribution in [-0.2, 0) is 9.59 Å². The smallest absolute Gasteiger partial charge is 0.271 e. The summed E-state index contributed by atoms with van der Waals surface area (Å²) >= 11 is 0. The van der Waals surface area contributed by atoms with E-state index in [-0.39, 0.29) is 5.70 Å². The molecule has 152 valence electrons. The zero-order valence-electron chi connectivity index (χ0n) is 16.9. The topological polar surface area (TPSA) is 84.0 Å². The summed E-state index contributed by atoms with van der Waals surface area (Å²) < 4.78 is 0. The summed E-state index contributed by atoms with van der Waals surface area (Å²) in [6.45, 7) is 1.80. The van der Waals surface area contributed by atoms with Crippen molar-refractivity contribution < 1.29 is 9.59 Å². The molecular formula is C25H20N4O2. The van der Waals surface area contributed by atoms with Crippen LogP contribution in [0.2, 0.25) is 0 Å². The average Bonchev–Trinajstić information content (AvgIpc) is 2.79. The normalized spacial score (nSPS) is 12.0. The molecule has 2 N–H and O–H groups in total. The Bertz CT molecular complexity index is 1330. The first-order chi connectivity index (χ1) is 15.2. The first-order valence-electron chi connectivity index (χ1n) is 9.75. The van der Waals surface area contributed by atoms with Crippen LogP contribution in [-0.4, -0.2) is 22.3 Å². The molecule has 0 radical (unpaired) electrons. The first kappa shape index (κ1) is 20.0. The number of hydrogen-bond donors (Lipinski definition) is 2. The second-order valence-corrected chi connectivity index (χ2v) is 6.94. The fourth-order valence-electron chi connectivity index (χ4n) is 3.40. The fraction of sp³-hybridized carbons (Fsp3) is 0.0400. The summed E-state index contributed by atoms with van der Waals surface area (Å²) in [5.41, 5.74) is 4.19. The minimum absolute atomic E-state index is 0.138. The third-order valence-corrected chi connectivity index (χ3v) is 4.81. The number of benzene rings is 2. The van der Waals surface area contributed by atoms with Crippen LogP contribution in [0.4, 0.5) is 0 Å². The van der Waals surface area contributed by atoms with E-state index in [2.05, 4.69) is 20.6 Å². The van der Waals surface area contributed by atoms with Crippen molar-refractivity contribution in [3.63, 3.8) is 0 Å². The van der Waals surface area contributed by atoms with E-state index < -0.39 is 5.91 Å². The second kappa shape index (κ2) is 9.00. The van der Waals surface area contributed by atoms with Gasteiger partial charge in [0, 0.05) is 28.9 Å². The maximum atomic E-state index is 12.9. The van der Waals surface area contributed by atoms with E-state index in [1.165, 1.54) is 0 Å². The van der Waals surface area contributed by atoms with Crippen LogP contribution >= 0.6 is 0 Å². The van der Waals surface area contributed by atoms with E-state index in [1.807, 2.05) is 60.7 Å². The van der Waals surface area contributed by atoms with Crippen molar-refractivity contribution in [1.82, 2.24) is 20.6 Å². The van der Waals surface area contributed by atoms with Crippen molar-refractivity contribution in [2.75, 3.05) is 0 Å². The number of allylic oxidation sites excluding steroid dienone is 1. The van der Waals surface area contributed by atoms with Crippen LogP contribution in [0.3, 0.4) is 0 Å². The predicted molar refractivity (Wildman–Crippen MR) is 122 cm³/mol. The molecule has 0 saturated carbocycles. The molecular weight excluding hydrogens is 388 g/mol. The number of fused-ring (bicyclic) bond motifs is 2. The van der Waals surface area contributed by atoms with Crippen LogP contribution in [0.1, 0.15) is 18.1 Å². The maximum Gasteiger partial charge on any atom is 0.271 e. The van der Waals surface area contributed by atoms with Gasteiger partial charge in [-0.15, -0.1) is 0 Å². The Hall–Kier alpha value is -4.32. The third-order valence-electron chi connectivity index (χ3n) is 4.81. The second-order valence-electron chi connectivity index (χ2n) is 6.94. The molecule has 0 spiro atoms. The molecule has 0 fully saturated rings. The van der Waals surface area contributed by atoms with E-state index in [0.29, 0.717) is 12.1 Å². The Morgan fingerprint density at radius 3 is 1.94 bits per heavy atom. The maximum absolute atomic E-state index is 12.9. The summed E-state index contributed by atoms with van der Waals surface area (Å²) in [5.74, 6) is -0.417. The summed E-state index contributed by atoms with van der Waals surface area (Å²) in [4.78, 5) is 32.7. The molecule has 0 saturated heterocycles. The van der Waals surface area contributed by atoms with E-state index in [9.17, 15) is 9.59 Å². The van der Waals surface area contributed by atoms with Crippen molar-refractivity contribution in [1.29, 1.82) is 0 Å². The van der Waals surface area contributed by atoms with Crippen molar-refractivity contribution in [3.05, 3.63) is 95.6 Å². The highest BCUT2D eigenvalue weighted by atomic mass is 16.2. The molecule has 2 aromatic carbocycles. The standard InChI is InChI=1S/C25H20N4O2/c1-17(14-18-10-12-26-22-8-4-2-6-20(18)22)29-25(31)24(28-16-30)15-19-11-13-27-23-9-5-3-7-21(19)23/h2-16H,1H3,(H,28,30)(H,29,31)/b17-14-,24-15-. The molecule has 0 aliphatic rings. The largest absolute Gasteiger partial charge is 0.325 e. The van der Waals surface area contributed by atoms with Gasteiger partial charge >= 0.3 is 0 Å². The van der Waals surface area contributed by atoms with Gasteiger partial charge < -0.3 is 10.6 Å². The highest BCUT2D eigenvalue weighted by molar-refractivity contribution is 6.02. The van der Waals surface area contributed by atoms with Crippen molar-refractivity contribution in [3.8, 4) is 0 Å². The number of aromatic nitrogens is 2. The molecule has 6 heteroatoms. The van der Waals surface area contributed by atoms with Crippen LogP contribution in [0.5, 0.6) is 0 Å². The number of rotatable bonds is 6. The Morgan fingerprint density at radius 2 is 1.35 bits per heavy atom. The van der Waals surface area contributed by atoms with Gasteiger partial charge in [-0.25, -0.2) is 0 Å². The van der Waals surface area contributed by atoms with E-state index in [1.54, 1.807) is 31.5 Å². The molecule has 2 amide bonds. The molecule has 0 aliphatic heterocycles. The number of para-hydroxylation sites is 2. The molecule has 0 bridgehead atoms. The molecule has 0 aliphatic carbocycles. The summed E-state index contributed by atoms with van der Waals surface area (Å²) in [6.07, 6.45) is 7.41. The lowest BCUT2D eigenvalue weighted by Crippen LogP contribution is -2.30. The quantitative estimate of drug-likeness (QED) is 0.372.